The van der Waals surface area contributed by atoms with Crippen molar-refractivity contribution < 1.29 is 9.59 Å². The van der Waals surface area contributed by atoms with Crippen LogP contribution in [0.1, 0.15) is 73.5 Å². The number of amides is 2. The van der Waals surface area contributed by atoms with Gasteiger partial charge in [-0.15, -0.1) is 0 Å². The number of rotatable bonds is 5. The quantitative estimate of drug-likeness (QED) is 0.238. The van der Waals surface area contributed by atoms with Crippen molar-refractivity contribution >= 4 is 46.4 Å². The molecule has 2 aliphatic rings. The molecule has 1 atom stereocenters. The van der Waals surface area contributed by atoms with Crippen molar-refractivity contribution in [2.75, 3.05) is 9.80 Å². The fraction of sp³-hybridized carbons (Fsp3) is 0.303. The Kier molecular flexibility index (Phi) is 6.55. The van der Waals surface area contributed by atoms with Gasteiger partial charge in [0, 0.05) is 33.3 Å². The Labute approximate surface area is 250 Å². The lowest BCUT2D eigenvalue weighted by Gasteiger charge is -2.37. The third-order valence-corrected chi connectivity index (χ3v) is 8.69. The Hall–Kier alpha value is -3.61. The highest BCUT2D eigenvalue weighted by Crippen LogP contribution is 2.57. The Morgan fingerprint density at radius 3 is 2.20 bits per heavy atom. The molecule has 3 heterocycles. The van der Waals surface area contributed by atoms with E-state index in [1.807, 2.05) is 57.2 Å². The van der Waals surface area contributed by atoms with Crippen LogP contribution in [0.5, 0.6) is 0 Å². The van der Waals surface area contributed by atoms with Crippen molar-refractivity contribution in [1.82, 2.24) is 9.55 Å². The van der Waals surface area contributed by atoms with Crippen LogP contribution in [0.15, 0.2) is 60.7 Å². The Balaban J connectivity index is 1.78. The Morgan fingerprint density at radius 1 is 0.878 bits per heavy atom. The average Bonchev–Trinajstić information content (AvgIpc) is 3.52. The molecule has 0 N–H and O–H groups in total. The van der Waals surface area contributed by atoms with Crippen LogP contribution in [0.2, 0.25) is 10.0 Å². The van der Waals surface area contributed by atoms with Crippen molar-refractivity contribution in [2.45, 2.75) is 65.6 Å². The van der Waals surface area contributed by atoms with E-state index in [0.717, 1.165) is 23.1 Å². The standard InChI is InChI=1S/C33H32Cl2N4O2/c1-7-21-10-8-9-11-24(21)30-36-28-29(38(30)19(4)5)33(39(31(28)40)26-16-22(34)13-12-20(26)6)25-15-14-23(35)17-27(25)37(18(2)3)32(33)41/h8-19H,7H2,1-6H3. The molecule has 1 unspecified atom stereocenters. The molecule has 210 valence electrons. The molecule has 0 bridgehead atoms. The summed E-state index contributed by atoms with van der Waals surface area (Å²) in [4.78, 5) is 38.2. The largest absolute Gasteiger partial charge is 0.322 e. The van der Waals surface area contributed by atoms with Crippen LogP contribution in [0.4, 0.5) is 11.4 Å². The highest BCUT2D eigenvalue weighted by atomic mass is 35.5. The highest BCUT2D eigenvalue weighted by molar-refractivity contribution is 6.32. The van der Waals surface area contributed by atoms with Crippen LogP contribution in [0, 0.1) is 6.92 Å². The lowest BCUT2D eigenvalue weighted by molar-refractivity contribution is -0.122. The number of hydrogen-bond acceptors (Lipinski definition) is 3. The van der Waals surface area contributed by atoms with Crippen LogP contribution < -0.4 is 9.80 Å². The molecule has 0 saturated carbocycles. The van der Waals surface area contributed by atoms with Crippen molar-refractivity contribution in [2.24, 2.45) is 0 Å². The van der Waals surface area contributed by atoms with E-state index in [9.17, 15) is 4.79 Å². The number of halogens is 2. The molecule has 0 aliphatic carbocycles. The van der Waals surface area contributed by atoms with Crippen LogP contribution in [-0.4, -0.2) is 27.4 Å². The monoisotopic (exact) mass is 586 g/mol. The van der Waals surface area contributed by atoms with Crippen molar-refractivity contribution in [3.63, 3.8) is 0 Å². The van der Waals surface area contributed by atoms with Gasteiger partial charge in [0.05, 0.1) is 17.1 Å². The van der Waals surface area contributed by atoms with Crippen LogP contribution in [-0.2, 0) is 16.8 Å². The number of carbonyl (C=O) groups is 2. The molecule has 0 radical (unpaired) electrons. The predicted octanol–water partition coefficient (Wildman–Crippen LogP) is 7.97. The molecular formula is C33H32Cl2N4O2. The molecule has 41 heavy (non-hydrogen) atoms. The van der Waals surface area contributed by atoms with Crippen LogP contribution >= 0.6 is 23.2 Å². The van der Waals surface area contributed by atoms with E-state index < -0.39 is 5.54 Å². The van der Waals surface area contributed by atoms with Gasteiger partial charge in [0.15, 0.2) is 11.2 Å². The first kappa shape index (κ1) is 27.6. The first-order valence-electron chi connectivity index (χ1n) is 14.0. The van der Waals surface area contributed by atoms with Crippen LogP contribution in [0.3, 0.4) is 0 Å². The fourth-order valence-corrected chi connectivity index (χ4v) is 6.84. The van der Waals surface area contributed by atoms with Gasteiger partial charge in [0.2, 0.25) is 0 Å². The molecule has 0 saturated heterocycles. The van der Waals surface area contributed by atoms with E-state index >= 15 is 4.79 Å². The third kappa shape index (κ3) is 3.73. The number of aryl methyl sites for hydroxylation is 2. The number of hydrogen-bond donors (Lipinski definition) is 0. The molecule has 3 aromatic carbocycles. The fourth-order valence-electron chi connectivity index (χ4n) is 6.51. The van der Waals surface area contributed by atoms with Gasteiger partial charge in [-0.1, -0.05) is 66.5 Å². The second kappa shape index (κ2) is 9.74. The minimum absolute atomic E-state index is 0.104. The maximum atomic E-state index is 15.1. The molecule has 4 aromatic rings. The molecule has 2 amide bonds. The number of aromatic nitrogens is 2. The maximum absolute atomic E-state index is 15.1. The highest BCUT2D eigenvalue weighted by Gasteiger charge is 2.66. The van der Waals surface area contributed by atoms with Gasteiger partial charge >= 0.3 is 0 Å². The van der Waals surface area contributed by atoms with Gasteiger partial charge in [-0.25, -0.2) is 4.98 Å². The lowest BCUT2D eigenvalue weighted by atomic mass is 9.86. The zero-order valence-electron chi connectivity index (χ0n) is 24.0. The van der Waals surface area contributed by atoms with Gasteiger partial charge < -0.3 is 9.47 Å². The summed E-state index contributed by atoms with van der Waals surface area (Å²) < 4.78 is 2.09. The molecule has 1 spiro atoms. The SMILES string of the molecule is CCc1ccccc1-c1nc2c(n1C(C)C)C1(C(=O)N(C(C)C)c3cc(Cl)ccc31)N(c1cc(Cl)ccc1C)C2=O. The molecule has 8 heteroatoms. The lowest BCUT2D eigenvalue weighted by Crippen LogP contribution is -2.54. The zero-order valence-corrected chi connectivity index (χ0v) is 25.5. The number of anilines is 2. The topological polar surface area (TPSA) is 58.4 Å². The molecule has 0 fully saturated rings. The van der Waals surface area contributed by atoms with Crippen molar-refractivity contribution in [3.8, 4) is 11.4 Å². The minimum atomic E-state index is -1.50. The summed E-state index contributed by atoms with van der Waals surface area (Å²) in [6.45, 7) is 12.1. The van der Waals surface area contributed by atoms with Gasteiger partial charge in [-0.05, 0) is 76.4 Å². The summed E-state index contributed by atoms with van der Waals surface area (Å²) in [5.74, 6) is 0.136. The summed E-state index contributed by atoms with van der Waals surface area (Å²) in [5, 5.41) is 0.995. The Morgan fingerprint density at radius 2 is 1.54 bits per heavy atom. The first-order valence-corrected chi connectivity index (χ1v) is 14.7. The smallest absolute Gasteiger partial charge is 0.280 e. The van der Waals surface area contributed by atoms with Crippen LogP contribution in [0.25, 0.3) is 11.4 Å². The minimum Gasteiger partial charge on any atom is -0.322 e. The van der Waals surface area contributed by atoms with Crippen molar-refractivity contribution in [1.29, 1.82) is 0 Å². The summed E-state index contributed by atoms with van der Waals surface area (Å²) in [7, 11) is 0. The first-order chi connectivity index (χ1) is 19.5. The molecule has 2 aliphatic heterocycles. The van der Waals surface area contributed by atoms with E-state index in [4.69, 9.17) is 28.2 Å². The van der Waals surface area contributed by atoms with Gasteiger partial charge in [0.25, 0.3) is 11.8 Å². The molecular weight excluding hydrogens is 555 g/mol. The average molecular weight is 588 g/mol. The molecule has 6 rings (SSSR count). The van der Waals surface area contributed by atoms with Gasteiger partial charge in [-0.3, -0.25) is 14.5 Å². The van der Waals surface area contributed by atoms with E-state index in [1.54, 1.807) is 28.0 Å². The van der Waals surface area contributed by atoms with Gasteiger partial charge in [0.1, 0.15) is 5.82 Å². The Bertz CT molecular complexity index is 1740. The van der Waals surface area contributed by atoms with Crippen molar-refractivity contribution in [3.05, 3.63) is 98.8 Å². The zero-order chi connectivity index (χ0) is 29.4. The third-order valence-electron chi connectivity index (χ3n) is 8.22. The summed E-state index contributed by atoms with van der Waals surface area (Å²) in [5.41, 5.74) is 4.22. The summed E-state index contributed by atoms with van der Waals surface area (Å²) in [6.07, 6.45) is 0.806. The molecule has 1 aromatic heterocycles. The number of carbonyl (C=O) groups excluding carboxylic acids is 2. The predicted molar refractivity (Wildman–Crippen MR) is 165 cm³/mol. The van der Waals surface area contributed by atoms with E-state index in [-0.39, 0.29) is 29.6 Å². The number of imidazole rings is 1. The number of fused-ring (bicyclic) bond motifs is 4. The normalized spacial score (nSPS) is 17.9. The molecule has 6 nitrogen and oxygen atoms in total. The number of benzene rings is 3. The van der Waals surface area contributed by atoms with Gasteiger partial charge in [-0.2, -0.15) is 0 Å². The van der Waals surface area contributed by atoms with E-state index in [0.29, 0.717) is 38.5 Å². The summed E-state index contributed by atoms with van der Waals surface area (Å²) >= 11 is 13.0. The second-order valence-corrected chi connectivity index (χ2v) is 12.2. The maximum Gasteiger partial charge on any atom is 0.280 e. The van der Waals surface area contributed by atoms with E-state index in [1.165, 1.54) is 0 Å². The van der Waals surface area contributed by atoms with E-state index in [2.05, 4.69) is 31.4 Å². The number of nitrogens with zero attached hydrogens (tertiary/aromatic N) is 4. The second-order valence-electron chi connectivity index (χ2n) is 11.3. The summed E-state index contributed by atoms with van der Waals surface area (Å²) in [6, 6.07) is 18.7.